The molecule has 7 nitrogen and oxygen atoms in total. The van der Waals surface area contributed by atoms with Gasteiger partial charge in [0, 0.05) is 26.2 Å². The van der Waals surface area contributed by atoms with Crippen molar-refractivity contribution in [2.45, 2.75) is 57.0 Å². The second kappa shape index (κ2) is 8.76. The Morgan fingerprint density at radius 3 is 2.57 bits per heavy atom. The number of carbonyl (C=O) groups is 3. The molecule has 0 radical (unpaired) electrons. The van der Waals surface area contributed by atoms with E-state index in [4.69, 9.17) is 0 Å². The van der Waals surface area contributed by atoms with E-state index in [9.17, 15) is 14.4 Å². The summed E-state index contributed by atoms with van der Waals surface area (Å²) in [4.78, 5) is 44.6. The fourth-order valence-electron chi connectivity index (χ4n) is 5.06. The Balaban J connectivity index is 1.40. The van der Waals surface area contributed by atoms with E-state index in [2.05, 4.69) is 17.1 Å². The van der Waals surface area contributed by atoms with Gasteiger partial charge in [-0.25, -0.2) is 4.79 Å². The highest BCUT2D eigenvalue weighted by Crippen LogP contribution is 2.32. The first-order chi connectivity index (χ1) is 14.5. The lowest BCUT2D eigenvalue weighted by Crippen LogP contribution is -2.56. The van der Waals surface area contributed by atoms with E-state index in [-0.39, 0.29) is 23.9 Å². The van der Waals surface area contributed by atoms with Gasteiger partial charge >= 0.3 is 6.03 Å². The molecule has 1 unspecified atom stereocenters. The molecule has 3 heterocycles. The Morgan fingerprint density at radius 1 is 1.13 bits per heavy atom. The topological polar surface area (TPSA) is 73.0 Å². The number of amides is 4. The number of hydrogen-bond donors (Lipinski definition) is 1. The monoisotopic (exact) mass is 412 g/mol. The standard InChI is InChI=1S/C23H32N4O3/c1-2-12-25-14-10-23(11-15-25)21(29)27(22(30)24-23)19-9-6-13-26(17-19)20(28)16-18-7-4-3-5-8-18/h3-5,7-8,19H,2,6,9-17H2,1H3,(H,24,30). The lowest BCUT2D eigenvalue weighted by molar-refractivity contribution is -0.138. The summed E-state index contributed by atoms with van der Waals surface area (Å²) >= 11 is 0. The van der Waals surface area contributed by atoms with Crippen LogP contribution in [0.25, 0.3) is 0 Å². The normalized spacial score (nSPS) is 24.4. The molecule has 1 atom stereocenters. The van der Waals surface area contributed by atoms with E-state index in [1.807, 2.05) is 35.2 Å². The number of nitrogens with zero attached hydrogens (tertiary/aromatic N) is 3. The van der Waals surface area contributed by atoms with Crippen molar-refractivity contribution in [3.8, 4) is 0 Å². The van der Waals surface area contributed by atoms with Crippen LogP contribution in [0.5, 0.6) is 0 Å². The van der Waals surface area contributed by atoms with Crippen LogP contribution in [0.15, 0.2) is 30.3 Å². The third kappa shape index (κ3) is 4.08. The molecule has 3 aliphatic rings. The van der Waals surface area contributed by atoms with Crippen LogP contribution >= 0.6 is 0 Å². The van der Waals surface area contributed by atoms with Gasteiger partial charge in [-0.15, -0.1) is 0 Å². The summed E-state index contributed by atoms with van der Waals surface area (Å²) in [6.07, 6.45) is 4.33. The van der Waals surface area contributed by atoms with Crippen LogP contribution in [0.2, 0.25) is 0 Å². The summed E-state index contributed by atoms with van der Waals surface area (Å²) < 4.78 is 0. The van der Waals surface area contributed by atoms with Gasteiger partial charge in [0.1, 0.15) is 5.54 Å². The maximum atomic E-state index is 13.3. The summed E-state index contributed by atoms with van der Waals surface area (Å²) in [7, 11) is 0. The number of nitrogens with one attached hydrogen (secondary N) is 1. The molecule has 0 saturated carbocycles. The van der Waals surface area contributed by atoms with E-state index in [0.717, 1.165) is 44.5 Å². The molecule has 3 fully saturated rings. The third-order valence-corrected chi connectivity index (χ3v) is 6.76. The number of piperidine rings is 2. The van der Waals surface area contributed by atoms with Crippen molar-refractivity contribution in [3.63, 3.8) is 0 Å². The molecule has 1 aromatic carbocycles. The lowest BCUT2D eigenvalue weighted by atomic mass is 9.87. The Hall–Kier alpha value is -2.41. The maximum absolute atomic E-state index is 13.3. The predicted molar refractivity (Wildman–Crippen MR) is 114 cm³/mol. The fourth-order valence-corrected chi connectivity index (χ4v) is 5.06. The molecule has 162 valence electrons. The number of rotatable bonds is 5. The van der Waals surface area contributed by atoms with Crippen LogP contribution in [0.3, 0.4) is 0 Å². The molecule has 0 bridgehead atoms. The molecule has 1 N–H and O–H groups in total. The molecule has 4 amide bonds. The van der Waals surface area contributed by atoms with Crippen LogP contribution in [-0.2, 0) is 16.0 Å². The van der Waals surface area contributed by atoms with Gasteiger partial charge in [0.05, 0.1) is 12.5 Å². The molecule has 1 spiro atoms. The zero-order valence-electron chi connectivity index (χ0n) is 17.8. The van der Waals surface area contributed by atoms with Crippen LogP contribution in [0, 0.1) is 0 Å². The molecule has 4 rings (SSSR count). The highest BCUT2D eigenvalue weighted by molar-refractivity contribution is 6.07. The van der Waals surface area contributed by atoms with Gasteiger partial charge in [0.15, 0.2) is 0 Å². The Kier molecular flexibility index (Phi) is 6.09. The van der Waals surface area contributed by atoms with Crippen molar-refractivity contribution in [1.29, 1.82) is 0 Å². The molecule has 3 aliphatic heterocycles. The molecule has 0 aliphatic carbocycles. The minimum atomic E-state index is -0.752. The molecule has 0 aromatic heterocycles. The minimum absolute atomic E-state index is 0.0561. The van der Waals surface area contributed by atoms with Crippen molar-refractivity contribution in [3.05, 3.63) is 35.9 Å². The first kappa shape index (κ1) is 20.8. The highest BCUT2D eigenvalue weighted by Gasteiger charge is 2.54. The Labute approximate surface area is 178 Å². The summed E-state index contributed by atoms with van der Waals surface area (Å²) in [6, 6.07) is 9.17. The lowest BCUT2D eigenvalue weighted by Gasteiger charge is -2.39. The van der Waals surface area contributed by atoms with Gasteiger partial charge < -0.3 is 15.1 Å². The number of hydrogen-bond acceptors (Lipinski definition) is 4. The highest BCUT2D eigenvalue weighted by atomic mass is 16.2. The molecular formula is C23H32N4O3. The Bertz CT molecular complexity index is 789. The van der Waals surface area contributed by atoms with Crippen molar-refractivity contribution < 1.29 is 14.4 Å². The van der Waals surface area contributed by atoms with E-state index >= 15 is 0 Å². The first-order valence-electron chi connectivity index (χ1n) is 11.2. The minimum Gasteiger partial charge on any atom is -0.340 e. The second-order valence-electron chi connectivity index (χ2n) is 8.83. The smallest absolute Gasteiger partial charge is 0.325 e. The van der Waals surface area contributed by atoms with E-state index in [1.165, 1.54) is 4.90 Å². The first-order valence-corrected chi connectivity index (χ1v) is 11.2. The van der Waals surface area contributed by atoms with Crippen LogP contribution in [0.4, 0.5) is 4.79 Å². The molecule has 1 aromatic rings. The zero-order valence-corrected chi connectivity index (χ0v) is 17.8. The van der Waals surface area contributed by atoms with Crippen molar-refractivity contribution in [1.82, 2.24) is 20.0 Å². The number of benzene rings is 1. The van der Waals surface area contributed by atoms with Gasteiger partial charge in [-0.05, 0) is 44.2 Å². The van der Waals surface area contributed by atoms with Crippen molar-refractivity contribution in [2.24, 2.45) is 0 Å². The molecule has 7 heteroatoms. The van der Waals surface area contributed by atoms with Gasteiger partial charge in [0.2, 0.25) is 5.91 Å². The number of imide groups is 1. The van der Waals surface area contributed by atoms with Crippen molar-refractivity contribution >= 4 is 17.8 Å². The fraction of sp³-hybridized carbons (Fsp3) is 0.609. The van der Waals surface area contributed by atoms with Gasteiger partial charge in [-0.1, -0.05) is 37.3 Å². The number of likely N-dealkylation sites (tertiary alicyclic amines) is 2. The summed E-state index contributed by atoms with van der Waals surface area (Å²) in [5.74, 6) is -0.0356. The molecule has 30 heavy (non-hydrogen) atoms. The van der Waals surface area contributed by atoms with Crippen LogP contribution in [-0.4, -0.2) is 76.8 Å². The van der Waals surface area contributed by atoms with Crippen LogP contribution < -0.4 is 5.32 Å². The van der Waals surface area contributed by atoms with Gasteiger partial charge in [-0.3, -0.25) is 14.5 Å². The van der Waals surface area contributed by atoms with E-state index in [0.29, 0.717) is 32.4 Å². The Morgan fingerprint density at radius 2 is 1.87 bits per heavy atom. The van der Waals surface area contributed by atoms with Gasteiger partial charge in [-0.2, -0.15) is 0 Å². The average Bonchev–Trinajstić information content (AvgIpc) is 3.00. The molecular weight excluding hydrogens is 380 g/mol. The largest absolute Gasteiger partial charge is 0.340 e. The average molecular weight is 413 g/mol. The maximum Gasteiger partial charge on any atom is 0.325 e. The van der Waals surface area contributed by atoms with Crippen molar-refractivity contribution in [2.75, 3.05) is 32.7 Å². The SMILES string of the molecule is CCCN1CCC2(CC1)NC(=O)N(C1CCCN(C(=O)Cc3ccccc3)C1)C2=O. The summed E-state index contributed by atoms with van der Waals surface area (Å²) in [5, 5.41) is 3.02. The number of urea groups is 1. The van der Waals surface area contributed by atoms with Crippen LogP contribution in [0.1, 0.15) is 44.6 Å². The quantitative estimate of drug-likeness (QED) is 0.751. The van der Waals surface area contributed by atoms with E-state index < -0.39 is 5.54 Å². The summed E-state index contributed by atoms with van der Waals surface area (Å²) in [6.45, 7) is 5.97. The molecule has 3 saturated heterocycles. The van der Waals surface area contributed by atoms with Gasteiger partial charge in [0.25, 0.3) is 5.91 Å². The van der Waals surface area contributed by atoms with E-state index in [1.54, 1.807) is 0 Å². The third-order valence-electron chi connectivity index (χ3n) is 6.76. The number of carbonyl (C=O) groups excluding carboxylic acids is 3. The zero-order chi connectivity index (χ0) is 21.1. The second-order valence-corrected chi connectivity index (χ2v) is 8.83. The predicted octanol–water partition coefficient (Wildman–Crippen LogP) is 2.02. The summed E-state index contributed by atoms with van der Waals surface area (Å²) in [5.41, 5.74) is 0.231.